The predicted octanol–water partition coefficient (Wildman–Crippen LogP) is 2.58. The van der Waals surface area contributed by atoms with Crippen LogP contribution in [-0.4, -0.2) is 9.97 Å². The summed E-state index contributed by atoms with van der Waals surface area (Å²) >= 11 is 0. The van der Waals surface area contributed by atoms with Crippen LogP contribution in [0.2, 0.25) is 0 Å². The number of anilines is 1. The Morgan fingerprint density at radius 1 is 1.16 bits per heavy atom. The average molecular weight is 264 g/mol. The van der Waals surface area contributed by atoms with Gasteiger partial charge in [0, 0.05) is 22.9 Å². The van der Waals surface area contributed by atoms with E-state index in [0.29, 0.717) is 12.2 Å². The fraction of sp³-hybridized carbons (Fsp3) is 0.231. The summed E-state index contributed by atoms with van der Waals surface area (Å²) in [5.74, 6) is 4.75. The van der Waals surface area contributed by atoms with E-state index < -0.39 is 11.6 Å². The minimum absolute atomic E-state index is 0.244. The van der Waals surface area contributed by atoms with E-state index in [-0.39, 0.29) is 11.4 Å². The van der Waals surface area contributed by atoms with Crippen molar-refractivity contribution in [3.8, 4) is 11.4 Å². The third kappa shape index (κ3) is 2.68. The van der Waals surface area contributed by atoms with E-state index in [1.54, 1.807) is 0 Å². The summed E-state index contributed by atoms with van der Waals surface area (Å²) < 4.78 is 26.4. The molecule has 3 N–H and O–H groups in total. The SMILES string of the molecule is CCc1nc(-c2cc(F)cc(F)c2)nc(NN)c1C. The molecule has 0 saturated heterocycles. The number of nitrogens with two attached hydrogens (primary N) is 1. The highest BCUT2D eigenvalue weighted by Crippen LogP contribution is 2.23. The summed E-state index contributed by atoms with van der Waals surface area (Å²) in [5, 5.41) is 0. The van der Waals surface area contributed by atoms with E-state index in [9.17, 15) is 8.78 Å². The van der Waals surface area contributed by atoms with Crippen LogP contribution >= 0.6 is 0 Å². The normalized spacial score (nSPS) is 10.6. The predicted molar refractivity (Wildman–Crippen MR) is 69.3 cm³/mol. The van der Waals surface area contributed by atoms with Gasteiger partial charge in [-0.15, -0.1) is 0 Å². The Hall–Kier alpha value is -2.08. The summed E-state index contributed by atoms with van der Waals surface area (Å²) in [4.78, 5) is 8.48. The molecule has 0 atom stereocenters. The van der Waals surface area contributed by atoms with Gasteiger partial charge in [0.25, 0.3) is 0 Å². The first-order chi connectivity index (χ1) is 9.05. The van der Waals surface area contributed by atoms with Crippen LogP contribution in [-0.2, 0) is 6.42 Å². The Labute approximate surface area is 109 Å². The van der Waals surface area contributed by atoms with Gasteiger partial charge in [-0.1, -0.05) is 6.92 Å². The topological polar surface area (TPSA) is 63.8 Å². The molecule has 0 saturated carbocycles. The van der Waals surface area contributed by atoms with Crippen LogP contribution in [0.1, 0.15) is 18.2 Å². The average Bonchev–Trinajstić information content (AvgIpc) is 2.37. The molecule has 0 unspecified atom stereocenters. The van der Waals surface area contributed by atoms with Gasteiger partial charge in [0.05, 0.1) is 0 Å². The second kappa shape index (κ2) is 5.27. The van der Waals surface area contributed by atoms with Gasteiger partial charge in [-0.3, -0.25) is 0 Å². The number of hydrogen-bond donors (Lipinski definition) is 2. The molecule has 0 spiro atoms. The van der Waals surface area contributed by atoms with Crippen molar-refractivity contribution in [2.45, 2.75) is 20.3 Å². The van der Waals surface area contributed by atoms with Crippen molar-refractivity contribution in [2.24, 2.45) is 5.84 Å². The third-order valence-corrected chi connectivity index (χ3v) is 2.84. The Balaban J connectivity index is 2.61. The van der Waals surface area contributed by atoms with Crippen LogP contribution in [0.4, 0.5) is 14.6 Å². The molecule has 2 rings (SSSR count). The minimum atomic E-state index is -0.667. The van der Waals surface area contributed by atoms with E-state index in [0.717, 1.165) is 17.3 Å². The second-order valence-electron chi connectivity index (χ2n) is 4.12. The number of halogens is 2. The van der Waals surface area contributed by atoms with Crippen molar-refractivity contribution in [1.29, 1.82) is 0 Å². The van der Waals surface area contributed by atoms with Crippen molar-refractivity contribution >= 4 is 5.82 Å². The Kier molecular flexibility index (Phi) is 3.71. The number of nitrogens with zero attached hydrogens (tertiary/aromatic N) is 2. The maximum absolute atomic E-state index is 13.2. The molecule has 19 heavy (non-hydrogen) atoms. The fourth-order valence-corrected chi connectivity index (χ4v) is 1.86. The van der Waals surface area contributed by atoms with Crippen molar-refractivity contribution in [3.63, 3.8) is 0 Å². The van der Waals surface area contributed by atoms with Crippen LogP contribution in [0.3, 0.4) is 0 Å². The molecule has 4 nitrogen and oxygen atoms in total. The molecule has 1 heterocycles. The van der Waals surface area contributed by atoms with Gasteiger partial charge in [0.2, 0.25) is 0 Å². The van der Waals surface area contributed by atoms with E-state index in [1.807, 2.05) is 13.8 Å². The number of benzene rings is 1. The van der Waals surface area contributed by atoms with Crippen LogP contribution in [0.25, 0.3) is 11.4 Å². The largest absolute Gasteiger partial charge is 0.308 e. The molecule has 0 aliphatic heterocycles. The zero-order valence-corrected chi connectivity index (χ0v) is 10.7. The number of nitrogens with one attached hydrogen (secondary N) is 1. The number of hydrazine groups is 1. The molecule has 0 fully saturated rings. The van der Waals surface area contributed by atoms with Crippen molar-refractivity contribution in [3.05, 3.63) is 41.1 Å². The van der Waals surface area contributed by atoms with E-state index in [2.05, 4.69) is 15.4 Å². The molecule has 100 valence electrons. The van der Waals surface area contributed by atoms with Gasteiger partial charge in [0.1, 0.15) is 17.5 Å². The fourth-order valence-electron chi connectivity index (χ4n) is 1.86. The van der Waals surface area contributed by atoms with Crippen molar-refractivity contribution < 1.29 is 8.78 Å². The lowest BCUT2D eigenvalue weighted by Gasteiger charge is -2.11. The molecule has 0 bridgehead atoms. The highest BCUT2D eigenvalue weighted by Gasteiger charge is 2.12. The minimum Gasteiger partial charge on any atom is -0.308 e. The molecule has 6 heteroatoms. The van der Waals surface area contributed by atoms with Gasteiger partial charge in [0.15, 0.2) is 5.82 Å². The molecule has 0 aliphatic carbocycles. The van der Waals surface area contributed by atoms with Crippen LogP contribution in [0.5, 0.6) is 0 Å². The van der Waals surface area contributed by atoms with Gasteiger partial charge in [-0.05, 0) is 25.5 Å². The molecule has 1 aromatic heterocycles. The first-order valence-corrected chi connectivity index (χ1v) is 5.85. The smallest absolute Gasteiger partial charge is 0.162 e. The van der Waals surface area contributed by atoms with E-state index in [1.165, 1.54) is 12.1 Å². The molecule has 2 aromatic rings. The molecule has 0 amide bonds. The highest BCUT2D eigenvalue weighted by atomic mass is 19.1. The summed E-state index contributed by atoms with van der Waals surface area (Å²) in [6, 6.07) is 3.18. The van der Waals surface area contributed by atoms with Crippen LogP contribution in [0, 0.1) is 18.6 Å². The van der Waals surface area contributed by atoms with Gasteiger partial charge < -0.3 is 5.43 Å². The van der Waals surface area contributed by atoms with Crippen molar-refractivity contribution in [1.82, 2.24) is 9.97 Å². The van der Waals surface area contributed by atoms with Gasteiger partial charge >= 0.3 is 0 Å². The molecular weight excluding hydrogens is 250 g/mol. The monoisotopic (exact) mass is 264 g/mol. The van der Waals surface area contributed by atoms with Crippen LogP contribution < -0.4 is 11.3 Å². The zero-order chi connectivity index (χ0) is 14.0. The number of aromatic nitrogens is 2. The molecular formula is C13H14F2N4. The lowest BCUT2D eigenvalue weighted by molar-refractivity contribution is 0.584. The Morgan fingerprint density at radius 3 is 2.32 bits per heavy atom. The summed E-state index contributed by atoms with van der Waals surface area (Å²) in [6.07, 6.45) is 0.674. The maximum atomic E-state index is 13.2. The number of aryl methyl sites for hydroxylation is 1. The third-order valence-electron chi connectivity index (χ3n) is 2.84. The van der Waals surface area contributed by atoms with Crippen LogP contribution in [0.15, 0.2) is 18.2 Å². The first kappa shape index (κ1) is 13.4. The Bertz CT molecular complexity index is 568. The second-order valence-corrected chi connectivity index (χ2v) is 4.12. The molecule has 0 radical (unpaired) electrons. The van der Waals surface area contributed by atoms with Gasteiger partial charge in [-0.2, -0.15) is 0 Å². The van der Waals surface area contributed by atoms with Gasteiger partial charge in [-0.25, -0.2) is 24.6 Å². The number of hydrogen-bond acceptors (Lipinski definition) is 4. The lowest BCUT2D eigenvalue weighted by Crippen LogP contribution is -2.13. The van der Waals surface area contributed by atoms with Crippen molar-refractivity contribution in [2.75, 3.05) is 5.43 Å². The van der Waals surface area contributed by atoms with E-state index >= 15 is 0 Å². The lowest BCUT2D eigenvalue weighted by atomic mass is 10.1. The highest BCUT2D eigenvalue weighted by molar-refractivity contribution is 5.59. The number of rotatable bonds is 3. The maximum Gasteiger partial charge on any atom is 0.162 e. The quantitative estimate of drug-likeness (QED) is 0.660. The number of nitrogen functional groups attached to an aromatic ring is 1. The molecule has 0 aliphatic rings. The summed E-state index contributed by atoms with van der Waals surface area (Å²) in [7, 11) is 0. The first-order valence-electron chi connectivity index (χ1n) is 5.85. The van der Waals surface area contributed by atoms with E-state index in [4.69, 9.17) is 5.84 Å². The Morgan fingerprint density at radius 2 is 1.79 bits per heavy atom. The molecule has 1 aromatic carbocycles. The summed E-state index contributed by atoms with van der Waals surface area (Å²) in [6.45, 7) is 3.77. The zero-order valence-electron chi connectivity index (χ0n) is 10.7. The standard InChI is InChI=1S/C13H14F2N4/c1-3-11-7(2)12(19-16)18-13(17-11)8-4-9(14)6-10(15)5-8/h4-6H,3,16H2,1-2H3,(H,17,18,19). The summed E-state index contributed by atoms with van der Waals surface area (Å²) in [5.41, 5.74) is 4.36.